The number of hydrogen-bond acceptors (Lipinski definition) is 3. The van der Waals surface area contributed by atoms with Crippen molar-refractivity contribution in [2.75, 3.05) is 19.8 Å². The Morgan fingerprint density at radius 1 is 1.00 bits per heavy atom. The van der Waals surface area contributed by atoms with Gasteiger partial charge in [-0.15, -0.1) is 0 Å². The summed E-state index contributed by atoms with van der Waals surface area (Å²) in [6.07, 6.45) is 2.30. The molecule has 0 amide bonds. The number of benzene rings is 1. The van der Waals surface area contributed by atoms with Crippen molar-refractivity contribution in [2.45, 2.75) is 59.2 Å². The van der Waals surface area contributed by atoms with Gasteiger partial charge < -0.3 is 14.8 Å². The normalized spacial score (nSPS) is 11.8. The Balaban J connectivity index is 2.23. The van der Waals surface area contributed by atoms with Gasteiger partial charge in [-0.3, -0.25) is 0 Å². The number of ether oxygens (including phenoxy) is 2. The molecule has 120 valence electrons. The van der Waals surface area contributed by atoms with Gasteiger partial charge in [0, 0.05) is 18.7 Å². The van der Waals surface area contributed by atoms with Gasteiger partial charge in [0.05, 0.1) is 19.8 Å². The maximum absolute atomic E-state index is 5.65. The molecule has 0 aliphatic carbocycles. The summed E-state index contributed by atoms with van der Waals surface area (Å²) in [6.45, 7) is 12.4. The van der Waals surface area contributed by atoms with Crippen LogP contribution in [0.4, 0.5) is 0 Å². The smallest absolute Gasteiger partial charge is 0.0718 e. The molecule has 1 rings (SSSR count). The van der Waals surface area contributed by atoms with Crippen molar-refractivity contribution >= 4 is 0 Å². The zero-order valence-electron chi connectivity index (χ0n) is 14.1. The van der Waals surface area contributed by atoms with Gasteiger partial charge in [0.15, 0.2) is 0 Å². The van der Waals surface area contributed by atoms with Crippen molar-refractivity contribution in [1.82, 2.24) is 5.32 Å². The van der Waals surface area contributed by atoms with Crippen molar-refractivity contribution in [1.29, 1.82) is 0 Å². The van der Waals surface area contributed by atoms with Gasteiger partial charge >= 0.3 is 0 Å². The first-order chi connectivity index (χ1) is 10.0. The fourth-order valence-electron chi connectivity index (χ4n) is 1.85. The third kappa shape index (κ3) is 9.62. The van der Waals surface area contributed by atoms with E-state index in [1.807, 2.05) is 0 Å². The van der Waals surface area contributed by atoms with Gasteiger partial charge in [-0.05, 0) is 38.3 Å². The largest absolute Gasteiger partial charge is 0.379 e. The van der Waals surface area contributed by atoms with E-state index in [9.17, 15) is 0 Å². The molecule has 3 heteroatoms. The Morgan fingerprint density at radius 3 is 2.43 bits per heavy atom. The van der Waals surface area contributed by atoms with Crippen LogP contribution in [-0.4, -0.2) is 25.4 Å². The SMILES string of the molecule is CCCCOCCOCc1cccc(CNC(C)(C)C)c1. The lowest BCUT2D eigenvalue weighted by molar-refractivity contribution is 0.0396. The summed E-state index contributed by atoms with van der Waals surface area (Å²) < 4.78 is 11.1. The predicted octanol–water partition coefficient (Wildman–Crippen LogP) is 3.91. The van der Waals surface area contributed by atoms with Crippen LogP contribution < -0.4 is 5.32 Å². The van der Waals surface area contributed by atoms with Gasteiger partial charge in [0.25, 0.3) is 0 Å². The van der Waals surface area contributed by atoms with Crippen LogP contribution in [0, 0.1) is 0 Å². The minimum atomic E-state index is 0.141. The first-order valence-corrected chi connectivity index (χ1v) is 7.99. The van der Waals surface area contributed by atoms with Crippen LogP contribution in [-0.2, 0) is 22.6 Å². The van der Waals surface area contributed by atoms with Gasteiger partial charge in [-0.1, -0.05) is 37.6 Å². The van der Waals surface area contributed by atoms with E-state index in [1.54, 1.807) is 0 Å². The molecule has 0 unspecified atom stereocenters. The summed E-state index contributed by atoms with van der Waals surface area (Å²) in [7, 11) is 0. The quantitative estimate of drug-likeness (QED) is 0.664. The molecule has 1 aromatic rings. The number of unbranched alkanes of at least 4 members (excludes halogenated alkanes) is 1. The molecule has 1 N–H and O–H groups in total. The van der Waals surface area contributed by atoms with Gasteiger partial charge in [-0.25, -0.2) is 0 Å². The average molecular weight is 293 g/mol. The average Bonchev–Trinajstić information content (AvgIpc) is 2.44. The second kappa shape index (κ2) is 9.93. The third-order valence-electron chi connectivity index (χ3n) is 3.10. The maximum atomic E-state index is 5.65. The van der Waals surface area contributed by atoms with Crippen LogP contribution in [0.5, 0.6) is 0 Å². The summed E-state index contributed by atoms with van der Waals surface area (Å²) in [5, 5.41) is 3.50. The number of rotatable bonds is 10. The summed E-state index contributed by atoms with van der Waals surface area (Å²) in [4.78, 5) is 0. The van der Waals surface area contributed by atoms with Crippen molar-refractivity contribution in [3.63, 3.8) is 0 Å². The van der Waals surface area contributed by atoms with E-state index in [4.69, 9.17) is 9.47 Å². The third-order valence-corrected chi connectivity index (χ3v) is 3.10. The van der Waals surface area contributed by atoms with Crippen molar-refractivity contribution in [2.24, 2.45) is 0 Å². The van der Waals surface area contributed by atoms with Gasteiger partial charge in [-0.2, -0.15) is 0 Å². The Kier molecular flexibility index (Phi) is 8.58. The molecule has 0 heterocycles. The molecular formula is C18H31NO2. The van der Waals surface area contributed by atoms with Crippen LogP contribution in [0.3, 0.4) is 0 Å². The predicted molar refractivity (Wildman–Crippen MR) is 88.4 cm³/mol. The monoisotopic (exact) mass is 293 g/mol. The minimum Gasteiger partial charge on any atom is -0.379 e. The van der Waals surface area contributed by atoms with Crippen molar-refractivity contribution in [3.8, 4) is 0 Å². The lowest BCUT2D eigenvalue weighted by Crippen LogP contribution is -2.35. The second-order valence-electron chi connectivity index (χ2n) is 6.44. The van der Waals surface area contributed by atoms with Crippen LogP contribution in [0.25, 0.3) is 0 Å². The molecule has 3 nitrogen and oxygen atoms in total. The summed E-state index contributed by atoms with van der Waals surface area (Å²) >= 11 is 0. The molecule has 0 aromatic heterocycles. The van der Waals surface area contributed by atoms with Crippen LogP contribution in [0.15, 0.2) is 24.3 Å². The lowest BCUT2D eigenvalue weighted by atomic mass is 10.1. The molecule has 0 saturated heterocycles. The molecule has 21 heavy (non-hydrogen) atoms. The molecule has 0 aliphatic rings. The fraction of sp³-hybridized carbons (Fsp3) is 0.667. The summed E-state index contributed by atoms with van der Waals surface area (Å²) in [5.41, 5.74) is 2.66. The topological polar surface area (TPSA) is 30.5 Å². The Labute approximate surface area is 130 Å². The molecule has 0 bridgehead atoms. The molecule has 0 fully saturated rings. The van der Waals surface area contributed by atoms with Crippen LogP contribution in [0.2, 0.25) is 0 Å². The molecule has 0 spiro atoms. The Bertz CT molecular complexity index is 385. The molecule has 0 saturated carbocycles. The van der Waals surface area contributed by atoms with Gasteiger partial charge in [0.2, 0.25) is 0 Å². The van der Waals surface area contributed by atoms with Crippen LogP contribution >= 0.6 is 0 Å². The Morgan fingerprint density at radius 2 is 1.71 bits per heavy atom. The molecule has 1 aromatic carbocycles. The lowest BCUT2D eigenvalue weighted by Gasteiger charge is -2.20. The Hall–Kier alpha value is -0.900. The number of nitrogens with one attached hydrogen (secondary N) is 1. The van der Waals surface area contributed by atoms with E-state index in [2.05, 4.69) is 57.3 Å². The first-order valence-electron chi connectivity index (χ1n) is 7.99. The standard InChI is InChI=1S/C18H31NO2/c1-5-6-10-20-11-12-21-15-17-9-7-8-16(13-17)14-19-18(2,3)4/h7-9,13,19H,5-6,10-12,14-15H2,1-4H3. The minimum absolute atomic E-state index is 0.141. The highest BCUT2D eigenvalue weighted by atomic mass is 16.5. The highest BCUT2D eigenvalue weighted by molar-refractivity contribution is 5.23. The molecule has 0 atom stereocenters. The van der Waals surface area contributed by atoms with E-state index < -0.39 is 0 Å². The van der Waals surface area contributed by atoms with E-state index in [1.165, 1.54) is 17.5 Å². The van der Waals surface area contributed by atoms with Crippen LogP contribution in [0.1, 0.15) is 51.7 Å². The zero-order chi connectivity index (χ0) is 15.6. The van der Waals surface area contributed by atoms with Crippen molar-refractivity contribution < 1.29 is 9.47 Å². The summed E-state index contributed by atoms with van der Waals surface area (Å²) in [6, 6.07) is 8.56. The van der Waals surface area contributed by atoms with Gasteiger partial charge in [0.1, 0.15) is 0 Å². The highest BCUT2D eigenvalue weighted by Crippen LogP contribution is 2.08. The van der Waals surface area contributed by atoms with E-state index in [0.717, 1.165) is 19.6 Å². The second-order valence-corrected chi connectivity index (χ2v) is 6.44. The summed E-state index contributed by atoms with van der Waals surface area (Å²) in [5.74, 6) is 0. The van der Waals surface area contributed by atoms with Crippen molar-refractivity contribution in [3.05, 3.63) is 35.4 Å². The first kappa shape index (κ1) is 18.1. The van der Waals surface area contributed by atoms with E-state index in [0.29, 0.717) is 19.8 Å². The van der Waals surface area contributed by atoms with E-state index >= 15 is 0 Å². The van der Waals surface area contributed by atoms with E-state index in [-0.39, 0.29) is 5.54 Å². The molecular weight excluding hydrogens is 262 g/mol. The molecule has 0 aliphatic heterocycles. The highest BCUT2D eigenvalue weighted by Gasteiger charge is 2.08. The maximum Gasteiger partial charge on any atom is 0.0718 e. The zero-order valence-corrected chi connectivity index (χ0v) is 14.1. The number of hydrogen-bond donors (Lipinski definition) is 1. The molecule has 0 radical (unpaired) electrons. The fourth-order valence-corrected chi connectivity index (χ4v) is 1.85.